The minimum Gasteiger partial charge on any atom is -0.474 e. The molecule has 1 aromatic heterocycles. The first-order valence-electron chi connectivity index (χ1n) is 7.55. The third-order valence-electron chi connectivity index (χ3n) is 4.08. The van der Waals surface area contributed by atoms with E-state index < -0.39 is 6.09 Å². The number of likely N-dealkylation sites (tertiary alicyclic amines) is 1. The number of hydrogen-bond acceptors (Lipinski definition) is 4. The molecule has 3 rings (SSSR count). The largest absolute Gasteiger partial charge is 0.474 e. The van der Waals surface area contributed by atoms with E-state index in [9.17, 15) is 9.90 Å². The number of pyridine rings is 1. The van der Waals surface area contributed by atoms with Crippen molar-refractivity contribution in [3.05, 3.63) is 22.8 Å². The van der Waals surface area contributed by atoms with Gasteiger partial charge in [-0.1, -0.05) is 15.9 Å². The van der Waals surface area contributed by atoms with Crippen LogP contribution in [0.3, 0.4) is 0 Å². The van der Waals surface area contributed by atoms with Crippen LogP contribution in [0.15, 0.2) is 22.8 Å². The van der Waals surface area contributed by atoms with Gasteiger partial charge in [0.2, 0.25) is 5.88 Å². The smallest absolute Gasteiger partial charge is 0.409 e. The normalized spacial score (nSPS) is 28.0. The summed E-state index contributed by atoms with van der Waals surface area (Å²) in [7, 11) is 0. The van der Waals surface area contributed by atoms with E-state index in [4.69, 9.17) is 9.47 Å². The molecule has 2 fully saturated rings. The maximum absolute atomic E-state index is 11.2. The molecule has 22 heavy (non-hydrogen) atoms. The van der Waals surface area contributed by atoms with Crippen LogP contribution >= 0.6 is 15.9 Å². The Bertz CT molecular complexity index is 536. The Morgan fingerprint density at radius 3 is 2.91 bits per heavy atom. The molecule has 0 spiro atoms. The molecule has 1 aliphatic heterocycles. The fraction of sp³-hybridized carbons (Fsp3) is 0.600. The molecule has 0 bridgehead atoms. The highest BCUT2D eigenvalue weighted by Gasteiger charge is 2.37. The van der Waals surface area contributed by atoms with Gasteiger partial charge in [-0.05, 0) is 25.3 Å². The predicted molar refractivity (Wildman–Crippen MR) is 82.8 cm³/mol. The summed E-state index contributed by atoms with van der Waals surface area (Å²) in [6.45, 7) is 0.564. The van der Waals surface area contributed by atoms with Crippen molar-refractivity contribution < 1.29 is 19.4 Å². The Morgan fingerprint density at radius 1 is 1.36 bits per heavy atom. The lowest BCUT2D eigenvalue weighted by atomic mass is 9.91. The summed E-state index contributed by atoms with van der Waals surface area (Å²) in [4.78, 5) is 16.8. The van der Waals surface area contributed by atoms with E-state index in [1.165, 1.54) is 4.90 Å². The highest BCUT2D eigenvalue weighted by atomic mass is 79.9. The van der Waals surface area contributed by atoms with Crippen LogP contribution in [0.5, 0.6) is 5.88 Å². The fourth-order valence-corrected chi connectivity index (χ4v) is 3.14. The average molecular weight is 371 g/mol. The van der Waals surface area contributed by atoms with Crippen molar-refractivity contribution in [3.63, 3.8) is 0 Å². The molecule has 1 aromatic rings. The van der Waals surface area contributed by atoms with Crippen molar-refractivity contribution in [2.75, 3.05) is 6.54 Å². The van der Waals surface area contributed by atoms with Crippen LogP contribution in [0.4, 0.5) is 4.79 Å². The first-order valence-corrected chi connectivity index (χ1v) is 8.34. The molecule has 1 aliphatic carbocycles. The number of ether oxygens (including phenoxy) is 2. The van der Waals surface area contributed by atoms with Crippen molar-refractivity contribution in [3.8, 4) is 5.88 Å². The van der Waals surface area contributed by atoms with Gasteiger partial charge in [-0.3, -0.25) is 4.90 Å². The molecule has 1 unspecified atom stereocenters. The third-order valence-corrected chi connectivity index (χ3v) is 4.57. The summed E-state index contributed by atoms with van der Waals surface area (Å²) in [5.74, 6) is 0.600. The molecule has 1 saturated heterocycles. The van der Waals surface area contributed by atoms with Crippen LogP contribution in [-0.2, 0) is 4.74 Å². The highest BCUT2D eigenvalue weighted by molar-refractivity contribution is 9.10. The number of carboxylic acid groups (broad SMARTS) is 1. The number of rotatable bonds is 4. The van der Waals surface area contributed by atoms with Crippen LogP contribution in [0, 0.1) is 0 Å². The van der Waals surface area contributed by atoms with Gasteiger partial charge in [0.1, 0.15) is 12.3 Å². The SMILES string of the molecule is O=C(O)N1CCCCC1OC1CC(Oc2cc(Br)ccn2)C1. The lowest BCUT2D eigenvalue weighted by molar-refractivity contribution is -0.149. The number of amides is 1. The summed E-state index contributed by atoms with van der Waals surface area (Å²) in [5.41, 5.74) is 0. The summed E-state index contributed by atoms with van der Waals surface area (Å²) in [6.07, 6.45) is 4.92. The van der Waals surface area contributed by atoms with Gasteiger partial charge in [0.25, 0.3) is 0 Å². The first kappa shape index (κ1) is 15.6. The van der Waals surface area contributed by atoms with Gasteiger partial charge in [0, 0.05) is 36.1 Å². The summed E-state index contributed by atoms with van der Waals surface area (Å²) in [5, 5.41) is 9.19. The van der Waals surface area contributed by atoms with Gasteiger partial charge in [0.05, 0.1) is 6.10 Å². The van der Waals surface area contributed by atoms with E-state index in [0.29, 0.717) is 12.4 Å². The second kappa shape index (κ2) is 6.83. The van der Waals surface area contributed by atoms with Gasteiger partial charge in [-0.15, -0.1) is 0 Å². The van der Waals surface area contributed by atoms with E-state index >= 15 is 0 Å². The van der Waals surface area contributed by atoms with Crippen LogP contribution in [0.1, 0.15) is 32.1 Å². The van der Waals surface area contributed by atoms with E-state index in [-0.39, 0.29) is 18.4 Å². The minimum absolute atomic E-state index is 0.0714. The standard InChI is InChI=1S/C15H19BrN2O4/c16-10-4-5-17-13(7-10)21-11-8-12(9-11)22-14-3-1-2-6-18(14)15(19)20/h4-5,7,11-12,14H,1-3,6,8-9H2,(H,19,20). The Morgan fingerprint density at radius 2 is 2.18 bits per heavy atom. The molecule has 6 nitrogen and oxygen atoms in total. The van der Waals surface area contributed by atoms with Crippen LogP contribution in [-0.4, -0.2) is 46.1 Å². The first-order chi connectivity index (χ1) is 10.6. The van der Waals surface area contributed by atoms with Crippen molar-refractivity contribution >= 4 is 22.0 Å². The molecule has 1 amide bonds. The third kappa shape index (κ3) is 3.70. The summed E-state index contributed by atoms with van der Waals surface area (Å²) < 4.78 is 12.6. The molecular formula is C15H19BrN2O4. The molecule has 2 aliphatic rings. The van der Waals surface area contributed by atoms with Crippen LogP contribution in [0.25, 0.3) is 0 Å². The van der Waals surface area contributed by atoms with Gasteiger partial charge in [0.15, 0.2) is 0 Å². The fourth-order valence-electron chi connectivity index (χ4n) is 2.83. The second-order valence-corrected chi connectivity index (χ2v) is 6.62. The van der Waals surface area contributed by atoms with Crippen molar-refractivity contribution in [2.45, 2.75) is 50.5 Å². The quantitative estimate of drug-likeness (QED) is 0.880. The number of nitrogens with zero attached hydrogens (tertiary/aromatic N) is 2. The summed E-state index contributed by atoms with van der Waals surface area (Å²) in [6, 6.07) is 3.69. The van der Waals surface area contributed by atoms with E-state index in [1.807, 2.05) is 12.1 Å². The minimum atomic E-state index is -0.893. The second-order valence-electron chi connectivity index (χ2n) is 5.71. The predicted octanol–water partition coefficient (Wildman–Crippen LogP) is 3.26. The van der Waals surface area contributed by atoms with E-state index in [2.05, 4.69) is 20.9 Å². The molecule has 0 radical (unpaired) electrons. The molecule has 7 heteroatoms. The number of hydrogen-bond donors (Lipinski definition) is 1. The molecule has 120 valence electrons. The number of halogens is 1. The van der Waals surface area contributed by atoms with Gasteiger partial charge >= 0.3 is 6.09 Å². The zero-order chi connectivity index (χ0) is 15.5. The molecule has 1 saturated carbocycles. The maximum atomic E-state index is 11.2. The number of carbonyl (C=O) groups is 1. The Hall–Kier alpha value is -1.34. The molecule has 2 heterocycles. The Labute approximate surface area is 137 Å². The van der Waals surface area contributed by atoms with Gasteiger partial charge < -0.3 is 14.6 Å². The van der Waals surface area contributed by atoms with Gasteiger partial charge in [-0.2, -0.15) is 0 Å². The van der Waals surface area contributed by atoms with Crippen molar-refractivity contribution in [1.82, 2.24) is 9.88 Å². The van der Waals surface area contributed by atoms with Gasteiger partial charge in [-0.25, -0.2) is 9.78 Å². The maximum Gasteiger partial charge on any atom is 0.409 e. The topological polar surface area (TPSA) is 71.9 Å². The zero-order valence-electron chi connectivity index (χ0n) is 12.2. The molecular weight excluding hydrogens is 352 g/mol. The average Bonchev–Trinajstić information content (AvgIpc) is 2.45. The van der Waals surface area contributed by atoms with Crippen LogP contribution < -0.4 is 4.74 Å². The van der Waals surface area contributed by atoms with Crippen molar-refractivity contribution in [2.24, 2.45) is 0 Å². The van der Waals surface area contributed by atoms with E-state index in [1.54, 1.807) is 6.20 Å². The van der Waals surface area contributed by atoms with Crippen LogP contribution in [0.2, 0.25) is 0 Å². The Balaban J connectivity index is 1.46. The molecule has 1 N–H and O–H groups in total. The number of aromatic nitrogens is 1. The lowest BCUT2D eigenvalue weighted by Gasteiger charge is -2.41. The zero-order valence-corrected chi connectivity index (χ0v) is 13.7. The Kier molecular flexibility index (Phi) is 4.83. The molecule has 0 aromatic carbocycles. The highest BCUT2D eigenvalue weighted by Crippen LogP contribution is 2.31. The summed E-state index contributed by atoms with van der Waals surface area (Å²) >= 11 is 3.38. The van der Waals surface area contributed by atoms with E-state index in [0.717, 1.165) is 36.6 Å². The number of piperidine rings is 1. The lowest BCUT2D eigenvalue weighted by Crippen LogP contribution is -2.49. The van der Waals surface area contributed by atoms with Crippen molar-refractivity contribution in [1.29, 1.82) is 0 Å². The monoisotopic (exact) mass is 370 g/mol. The molecule has 1 atom stereocenters.